The van der Waals surface area contributed by atoms with Crippen molar-refractivity contribution in [1.82, 2.24) is 10.4 Å². The molecule has 0 saturated heterocycles. The molecule has 5 nitrogen and oxygen atoms in total. The molecular formula is C23H21ClN5+. The predicted octanol–water partition coefficient (Wildman–Crippen LogP) is 4.08. The van der Waals surface area contributed by atoms with Gasteiger partial charge in [-0.3, -0.25) is 4.99 Å². The van der Waals surface area contributed by atoms with E-state index in [2.05, 4.69) is 50.7 Å². The maximum Gasteiger partial charge on any atom is 0.374 e. The van der Waals surface area contributed by atoms with E-state index in [0.29, 0.717) is 11.6 Å². The lowest BCUT2D eigenvalue weighted by Crippen LogP contribution is -2.41. The van der Waals surface area contributed by atoms with Crippen LogP contribution in [0.4, 0.5) is 11.4 Å². The lowest BCUT2D eigenvalue weighted by atomic mass is 10.0. The van der Waals surface area contributed by atoms with Crippen LogP contribution in [0.3, 0.4) is 0 Å². The second-order valence-electron chi connectivity index (χ2n) is 7.13. The molecule has 0 amide bonds. The fourth-order valence-electron chi connectivity index (χ4n) is 3.86. The van der Waals surface area contributed by atoms with E-state index in [-0.39, 0.29) is 6.17 Å². The number of rotatable bonds is 2. The Labute approximate surface area is 174 Å². The van der Waals surface area contributed by atoms with Gasteiger partial charge >= 0.3 is 5.96 Å². The Morgan fingerprint density at radius 2 is 1.76 bits per heavy atom. The van der Waals surface area contributed by atoms with E-state index in [1.807, 2.05) is 55.6 Å². The summed E-state index contributed by atoms with van der Waals surface area (Å²) in [6.07, 6.45) is 0.0438. The van der Waals surface area contributed by atoms with E-state index < -0.39 is 0 Å². The Kier molecular flexibility index (Phi) is 4.54. The minimum atomic E-state index is 0.0438. The molecule has 6 heteroatoms. The van der Waals surface area contributed by atoms with E-state index in [9.17, 15) is 0 Å². The first kappa shape index (κ1) is 17.9. The van der Waals surface area contributed by atoms with Gasteiger partial charge in [-0.2, -0.15) is 5.43 Å². The highest BCUT2D eigenvalue weighted by Crippen LogP contribution is 2.32. The van der Waals surface area contributed by atoms with Crippen LogP contribution in [0, 0.1) is 0 Å². The van der Waals surface area contributed by atoms with Gasteiger partial charge in [-0.05, 0) is 30.3 Å². The second kappa shape index (κ2) is 7.35. The maximum atomic E-state index is 6.40. The quantitative estimate of drug-likeness (QED) is 0.635. The van der Waals surface area contributed by atoms with Crippen LogP contribution in [0.2, 0.25) is 5.02 Å². The van der Waals surface area contributed by atoms with Crippen molar-refractivity contribution in [1.29, 1.82) is 0 Å². The van der Waals surface area contributed by atoms with Gasteiger partial charge in [0.15, 0.2) is 6.17 Å². The Balaban J connectivity index is 1.68. The number of fused-ring (bicyclic) bond motifs is 3. The number of halogens is 1. The summed E-state index contributed by atoms with van der Waals surface area (Å²) in [5.74, 6) is 0.900. The number of hydrogen-bond acceptors (Lipinski definition) is 4. The molecule has 2 heterocycles. The Morgan fingerprint density at radius 1 is 1.03 bits per heavy atom. The Morgan fingerprint density at radius 3 is 2.52 bits per heavy atom. The fraction of sp³-hybridized carbons (Fsp3) is 0.130. The summed E-state index contributed by atoms with van der Waals surface area (Å²) in [5, 5.41) is 6.30. The summed E-state index contributed by atoms with van der Waals surface area (Å²) in [6.45, 7) is 0.625. The van der Waals surface area contributed by atoms with Gasteiger partial charge in [0.1, 0.15) is 5.69 Å². The summed E-state index contributed by atoms with van der Waals surface area (Å²) >= 11 is 6.40. The average molecular weight is 403 g/mol. The number of hydrazine groups is 1. The first-order valence-electron chi connectivity index (χ1n) is 9.58. The van der Waals surface area contributed by atoms with Crippen LogP contribution in [0.15, 0.2) is 83.9 Å². The molecule has 2 aliphatic heterocycles. The molecule has 0 fully saturated rings. The molecule has 0 aliphatic carbocycles. The third-order valence-corrected chi connectivity index (χ3v) is 5.47. The van der Waals surface area contributed by atoms with E-state index in [1.165, 1.54) is 0 Å². The number of para-hydroxylation sites is 1. The molecule has 0 radical (unpaired) electrons. The zero-order valence-corrected chi connectivity index (χ0v) is 16.8. The normalized spacial score (nSPS) is 18.4. The molecule has 0 saturated carbocycles. The topological polar surface area (TPSA) is 42.7 Å². The van der Waals surface area contributed by atoms with Crippen molar-refractivity contribution in [3.63, 3.8) is 0 Å². The number of hydrogen-bond donors (Lipinski definition) is 2. The molecule has 1 unspecified atom stereocenters. The van der Waals surface area contributed by atoms with E-state index in [4.69, 9.17) is 16.6 Å². The second-order valence-corrected chi connectivity index (χ2v) is 7.57. The summed E-state index contributed by atoms with van der Waals surface area (Å²) in [6, 6.07) is 26.4. The van der Waals surface area contributed by atoms with Crippen LogP contribution in [-0.2, 0) is 0 Å². The highest BCUT2D eigenvalue weighted by Gasteiger charge is 2.39. The first-order valence-corrected chi connectivity index (χ1v) is 9.96. The van der Waals surface area contributed by atoms with Crippen molar-refractivity contribution >= 4 is 34.6 Å². The maximum absolute atomic E-state index is 6.40. The number of aliphatic imine (C=N–C) groups is 1. The molecule has 3 aromatic rings. The molecular weight excluding hydrogens is 382 g/mol. The monoisotopic (exact) mass is 402 g/mol. The van der Waals surface area contributed by atoms with Crippen molar-refractivity contribution in [3.05, 3.63) is 95.0 Å². The van der Waals surface area contributed by atoms with Crippen molar-refractivity contribution in [2.45, 2.75) is 6.17 Å². The molecule has 2 N–H and O–H groups in total. The predicted molar refractivity (Wildman–Crippen MR) is 118 cm³/mol. The van der Waals surface area contributed by atoms with E-state index >= 15 is 0 Å². The van der Waals surface area contributed by atoms with Gasteiger partial charge in [-0.15, -0.1) is 5.01 Å². The molecule has 0 bridgehead atoms. The lowest BCUT2D eigenvalue weighted by Gasteiger charge is -2.16. The molecule has 5 rings (SSSR count). The minimum Gasteiger partial charge on any atom is -0.279 e. The first-order chi connectivity index (χ1) is 14.2. The minimum absolute atomic E-state index is 0.0438. The number of nitrogens with one attached hydrogen (secondary N) is 2. The highest BCUT2D eigenvalue weighted by molar-refractivity contribution is 6.31. The Hall–Kier alpha value is -3.15. The summed E-state index contributed by atoms with van der Waals surface area (Å²) in [4.78, 5) is 5.00. The SMILES string of the molecule is CN1NC(Nc2ccccc2)=[N+]2c3ccc(Cl)cc3C(c3ccccc3)=NCC12. The molecule has 29 heavy (non-hydrogen) atoms. The third kappa shape index (κ3) is 3.28. The largest absolute Gasteiger partial charge is 0.374 e. The molecule has 0 spiro atoms. The molecule has 2 aliphatic rings. The molecule has 0 aromatic heterocycles. The van der Waals surface area contributed by atoms with Crippen LogP contribution < -0.4 is 10.7 Å². The number of anilines is 1. The fourth-order valence-corrected chi connectivity index (χ4v) is 4.03. The van der Waals surface area contributed by atoms with Crippen LogP contribution in [0.25, 0.3) is 0 Å². The van der Waals surface area contributed by atoms with Crippen molar-refractivity contribution in [2.75, 3.05) is 18.9 Å². The van der Waals surface area contributed by atoms with Crippen LogP contribution in [0.1, 0.15) is 11.1 Å². The standard InChI is InChI=1S/C23H20ClN5/c1-28-21-15-25-22(16-8-4-2-5-9-16)19-14-17(24)12-13-20(19)29(21)23(27-28)26-18-10-6-3-7-11-18/h2-14,21H,15H2,1H3,(H,26,27)/p+1. The van der Waals surface area contributed by atoms with Crippen LogP contribution in [-0.4, -0.2) is 41.0 Å². The summed E-state index contributed by atoms with van der Waals surface area (Å²) in [5.41, 5.74) is 8.61. The van der Waals surface area contributed by atoms with Gasteiger partial charge in [0.25, 0.3) is 0 Å². The number of guanidine groups is 1. The summed E-state index contributed by atoms with van der Waals surface area (Å²) in [7, 11) is 2.04. The van der Waals surface area contributed by atoms with Gasteiger partial charge < -0.3 is 0 Å². The van der Waals surface area contributed by atoms with Gasteiger partial charge in [-0.25, -0.2) is 9.89 Å². The van der Waals surface area contributed by atoms with Crippen molar-refractivity contribution < 1.29 is 4.58 Å². The smallest absolute Gasteiger partial charge is 0.279 e. The molecule has 144 valence electrons. The summed E-state index contributed by atoms with van der Waals surface area (Å²) < 4.78 is 2.26. The van der Waals surface area contributed by atoms with Gasteiger partial charge in [0, 0.05) is 23.2 Å². The van der Waals surface area contributed by atoms with Crippen LogP contribution >= 0.6 is 11.6 Å². The van der Waals surface area contributed by atoms with Crippen molar-refractivity contribution in [3.8, 4) is 0 Å². The van der Waals surface area contributed by atoms with Gasteiger partial charge in [0.05, 0.1) is 17.9 Å². The highest BCUT2D eigenvalue weighted by atomic mass is 35.5. The van der Waals surface area contributed by atoms with Gasteiger partial charge in [0.2, 0.25) is 0 Å². The van der Waals surface area contributed by atoms with Gasteiger partial charge in [-0.1, -0.05) is 60.1 Å². The Bertz CT molecular complexity index is 1110. The van der Waals surface area contributed by atoms with Crippen LogP contribution in [0.5, 0.6) is 0 Å². The zero-order chi connectivity index (χ0) is 19.8. The zero-order valence-electron chi connectivity index (χ0n) is 16.0. The molecule has 1 atom stereocenters. The van der Waals surface area contributed by atoms with E-state index in [0.717, 1.165) is 34.2 Å². The van der Waals surface area contributed by atoms with E-state index in [1.54, 1.807) is 0 Å². The third-order valence-electron chi connectivity index (χ3n) is 5.24. The average Bonchev–Trinajstić information content (AvgIpc) is 2.94. The number of nitrogens with zero attached hydrogens (tertiary/aromatic N) is 3. The number of benzene rings is 3. The lowest BCUT2D eigenvalue weighted by molar-refractivity contribution is -0.494. The van der Waals surface area contributed by atoms with Crippen molar-refractivity contribution in [2.24, 2.45) is 4.99 Å². The number of likely N-dealkylation sites (N-methyl/N-ethyl adjacent to an activating group) is 1. The molecule has 3 aromatic carbocycles.